The normalized spacial score (nSPS) is 21.8. The molecule has 0 aliphatic carbocycles. The van der Waals surface area contributed by atoms with Crippen molar-refractivity contribution < 1.29 is 14.2 Å². The van der Waals surface area contributed by atoms with Crippen molar-refractivity contribution in [3.05, 3.63) is 82.4 Å². The molecular formula is C24H27Cl2N3O3. The van der Waals surface area contributed by atoms with Crippen LogP contribution in [-0.4, -0.2) is 47.9 Å². The molecule has 4 rings (SSSR count). The fourth-order valence-electron chi connectivity index (χ4n) is 3.71. The van der Waals surface area contributed by atoms with Crippen molar-refractivity contribution in [2.45, 2.75) is 31.4 Å². The van der Waals surface area contributed by atoms with Crippen LogP contribution in [0.25, 0.3) is 0 Å². The Labute approximate surface area is 198 Å². The van der Waals surface area contributed by atoms with E-state index in [2.05, 4.69) is 43.0 Å². The highest BCUT2D eigenvalue weighted by Crippen LogP contribution is 2.40. The molecule has 0 N–H and O–H groups in total. The van der Waals surface area contributed by atoms with Crippen LogP contribution in [0.2, 0.25) is 10.0 Å². The van der Waals surface area contributed by atoms with Crippen LogP contribution in [0.1, 0.15) is 24.1 Å². The molecule has 1 unspecified atom stereocenters. The van der Waals surface area contributed by atoms with Gasteiger partial charge in [0.05, 0.1) is 24.5 Å². The molecule has 2 heterocycles. The molecule has 1 fully saturated rings. The number of nitrogens with zero attached hydrogens (tertiary/aromatic N) is 3. The van der Waals surface area contributed by atoms with Crippen molar-refractivity contribution in [3.8, 4) is 5.75 Å². The van der Waals surface area contributed by atoms with Crippen LogP contribution in [0.5, 0.6) is 5.75 Å². The van der Waals surface area contributed by atoms with Gasteiger partial charge in [-0.25, -0.2) is 4.98 Å². The molecule has 6 nitrogen and oxygen atoms in total. The summed E-state index contributed by atoms with van der Waals surface area (Å²) in [5.74, 6) is -0.263. The zero-order valence-electron chi connectivity index (χ0n) is 18.4. The summed E-state index contributed by atoms with van der Waals surface area (Å²) >= 11 is 12.6. The number of hydrogen-bond acceptors (Lipinski definition) is 5. The number of hydrogen-bond donors (Lipinski definition) is 0. The Balaban J connectivity index is 1.46. The SMILES string of the molecule is CC(c1ccc(OC[C@@H]2CO[C@@](Cn3ccnc3)(c3ccc(Cl)cc3Cl)O2)cc1)N(C)C. The second kappa shape index (κ2) is 9.81. The molecule has 1 aliphatic heterocycles. The molecule has 8 heteroatoms. The standard InChI is InChI=1S/C24H27Cl2N3O3/c1-17(28(2)3)18-4-7-20(8-5-18)30-13-21-14-31-24(32-21,15-29-11-10-27-16-29)22-9-6-19(25)12-23(22)26/h4-12,16-17,21H,13-15H2,1-3H3/t17?,21-,24-/m1/s1. The molecular weight excluding hydrogens is 449 g/mol. The van der Waals surface area contributed by atoms with Gasteiger partial charge < -0.3 is 23.7 Å². The summed E-state index contributed by atoms with van der Waals surface area (Å²) in [4.78, 5) is 6.29. The molecule has 0 bridgehead atoms. The Morgan fingerprint density at radius 1 is 1.22 bits per heavy atom. The lowest BCUT2D eigenvalue weighted by atomic mass is 10.1. The predicted molar refractivity (Wildman–Crippen MR) is 125 cm³/mol. The number of aromatic nitrogens is 2. The number of rotatable bonds is 8. The summed E-state index contributed by atoms with van der Waals surface area (Å²) in [6, 6.07) is 13.8. The number of imidazole rings is 1. The van der Waals surface area contributed by atoms with Gasteiger partial charge in [0, 0.05) is 29.0 Å². The Kier molecular flexibility index (Phi) is 7.08. The first-order chi connectivity index (χ1) is 15.4. The number of halogens is 2. The third kappa shape index (κ3) is 5.11. The lowest BCUT2D eigenvalue weighted by Crippen LogP contribution is -2.34. The van der Waals surface area contributed by atoms with E-state index in [-0.39, 0.29) is 6.10 Å². The largest absolute Gasteiger partial charge is 0.491 e. The molecule has 0 spiro atoms. The highest BCUT2D eigenvalue weighted by molar-refractivity contribution is 6.35. The molecule has 0 amide bonds. The second-order valence-electron chi connectivity index (χ2n) is 8.18. The van der Waals surface area contributed by atoms with Crippen molar-refractivity contribution >= 4 is 23.2 Å². The third-order valence-corrected chi connectivity index (χ3v) is 6.27. The first kappa shape index (κ1) is 23.1. The van der Waals surface area contributed by atoms with E-state index in [4.69, 9.17) is 37.4 Å². The fourth-order valence-corrected chi connectivity index (χ4v) is 4.26. The fraction of sp³-hybridized carbons (Fsp3) is 0.375. The van der Waals surface area contributed by atoms with Gasteiger partial charge >= 0.3 is 0 Å². The van der Waals surface area contributed by atoms with Gasteiger partial charge in [-0.05, 0) is 50.8 Å². The average molecular weight is 476 g/mol. The van der Waals surface area contributed by atoms with Crippen molar-refractivity contribution in [2.24, 2.45) is 0 Å². The van der Waals surface area contributed by atoms with Crippen molar-refractivity contribution in [3.63, 3.8) is 0 Å². The summed E-state index contributed by atoms with van der Waals surface area (Å²) < 4.78 is 20.5. The van der Waals surface area contributed by atoms with Crippen molar-refractivity contribution in [1.82, 2.24) is 14.5 Å². The summed E-state index contributed by atoms with van der Waals surface area (Å²) in [6.45, 7) is 3.31. The summed E-state index contributed by atoms with van der Waals surface area (Å²) in [5.41, 5.74) is 1.96. The smallest absolute Gasteiger partial charge is 0.215 e. The Morgan fingerprint density at radius 2 is 2.00 bits per heavy atom. The molecule has 3 atom stereocenters. The van der Waals surface area contributed by atoms with Crippen LogP contribution >= 0.6 is 23.2 Å². The maximum absolute atomic E-state index is 6.52. The first-order valence-electron chi connectivity index (χ1n) is 10.5. The second-order valence-corrected chi connectivity index (χ2v) is 9.03. The van der Waals surface area contributed by atoms with E-state index in [0.717, 1.165) is 11.3 Å². The van der Waals surface area contributed by atoms with Crippen molar-refractivity contribution in [2.75, 3.05) is 27.3 Å². The molecule has 1 saturated heterocycles. The van der Waals surface area contributed by atoms with E-state index < -0.39 is 5.79 Å². The quantitative estimate of drug-likeness (QED) is 0.450. The topological polar surface area (TPSA) is 48.8 Å². The van der Waals surface area contributed by atoms with Gasteiger partial charge in [-0.15, -0.1) is 0 Å². The lowest BCUT2D eigenvalue weighted by molar-refractivity contribution is -0.189. The minimum atomic E-state index is -1.05. The maximum Gasteiger partial charge on any atom is 0.215 e. The van der Waals surface area contributed by atoms with Crippen molar-refractivity contribution in [1.29, 1.82) is 0 Å². The van der Waals surface area contributed by atoms with Gasteiger partial charge in [0.15, 0.2) is 0 Å². The molecule has 32 heavy (non-hydrogen) atoms. The van der Waals surface area contributed by atoms with E-state index in [1.54, 1.807) is 24.7 Å². The van der Waals surface area contributed by atoms with E-state index in [1.165, 1.54) is 5.56 Å². The van der Waals surface area contributed by atoms with Crippen LogP contribution in [-0.2, 0) is 21.8 Å². The highest BCUT2D eigenvalue weighted by Gasteiger charge is 2.45. The minimum Gasteiger partial charge on any atom is -0.491 e. The molecule has 1 aliphatic rings. The van der Waals surface area contributed by atoms with Crippen LogP contribution < -0.4 is 4.74 Å². The average Bonchev–Trinajstić information content (AvgIpc) is 3.43. The third-order valence-electron chi connectivity index (χ3n) is 5.72. The van der Waals surface area contributed by atoms with E-state index in [1.807, 2.05) is 29.0 Å². The minimum absolute atomic E-state index is 0.259. The highest BCUT2D eigenvalue weighted by atomic mass is 35.5. The Hall–Kier alpha value is -2.09. The van der Waals surface area contributed by atoms with E-state index in [0.29, 0.717) is 35.8 Å². The zero-order chi connectivity index (χ0) is 22.7. The summed E-state index contributed by atoms with van der Waals surface area (Å²) in [5, 5.41) is 1.05. The Morgan fingerprint density at radius 3 is 2.66 bits per heavy atom. The van der Waals surface area contributed by atoms with Gasteiger partial charge in [-0.2, -0.15) is 0 Å². The predicted octanol–water partition coefficient (Wildman–Crippen LogP) is 5.16. The summed E-state index contributed by atoms with van der Waals surface area (Å²) in [7, 11) is 4.13. The molecule has 170 valence electrons. The molecule has 0 radical (unpaired) electrons. The lowest BCUT2D eigenvalue weighted by Gasteiger charge is -2.30. The summed E-state index contributed by atoms with van der Waals surface area (Å²) in [6.07, 6.45) is 5.04. The maximum atomic E-state index is 6.52. The molecule has 3 aromatic rings. The first-order valence-corrected chi connectivity index (χ1v) is 11.2. The van der Waals surface area contributed by atoms with Gasteiger partial charge in [-0.3, -0.25) is 0 Å². The molecule has 2 aromatic carbocycles. The zero-order valence-corrected chi connectivity index (χ0v) is 19.9. The van der Waals surface area contributed by atoms with Crippen LogP contribution in [0.3, 0.4) is 0 Å². The number of ether oxygens (including phenoxy) is 3. The van der Waals surface area contributed by atoms with Crippen LogP contribution in [0.4, 0.5) is 0 Å². The van der Waals surface area contributed by atoms with Crippen LogP contribution in [0, 0.1) is 0 Å². The van der Waals surface area contributed by atoms with Gasteiger partial charge in [0.1, 0.15) is 18.5 Å². The Bertz CT molecular complexity index is 1030. The molecule has 0 saturated carbocycles. The van der Waals surface area contributed by atoms with E-state index in [9.17, 15) is 0 Å². The van der Waals surface area contributed by atoms with Gasteiger partial charge in [-0.1, -0.05) is 41.4 Å². The molecule has 1 aromatic heterocycles. The van der Waals surface area contributed by atoms with Crippen LogP contribution in [0.15, 0.2) is 61.2 Å². The van der Waals surface area contributed by atoms with Gasteiger partial charge in [0.25, 0.3) is 0 Å². The number of benzene rings is 2. The van der Waals surface area contributed by atoms with Gasteiger partial charge in [0.2, 0.25) is 5.79 Å². The monoisotopic (exact) mass is 475 g/mol. The van der Waals surface area contributed by atoms with E-state index >= 15 is 0 Å².